The van der Waals surface area contributed by atoms with Gasteiger partial charge < -0.3 is 5.32 Å². The first-order valence-corrected chi connectivity index (χ1v) is 4.04. The molecule has 1 unspecified atom stereocenters. The average molecular weight is 146 g/mol. The second-order valence-corrected chi connectivity index (χ2v) is 2.99. The highest BCUT2D eigenvalue weighted by Gasteiger charge is 2.17. The lowest BCUT2D eigenvalue weighted by Gasteiger charge is -2.05. The van der Waals surface area contributed by atoms with Crippen LogP contribution in [0.1, 0.15) is 12.0 Å². The smallest absolute Gasteiger partial charge is 0.0375 e. The Hall–Kier alpha value is -0.980. The minimum absolute atomic E-state index is 0.562. The van der Waals surface area contributed by atoms with Gasteiger partial charge in [-0.05, 0) is 24.5 Å². The summed E-state index contributed by atoms with van der Waals surface area (Å²) in [5, 5.41) is 3.42. The van der Waals surface area contributed by atoms with Gasteiger partial charge in [-0.2, -0.15) is 0 Å². The van der Waals surface area contributed by atoms with E-state index in [0.717, 1.165) is 12.8 Å². The molecule has 11 heavy (non-hydrogen) atoms. The zero-order valence-corrected chi connectivity index (χ0v) is 6.51. The first-order chi connectivity index (χ1) is 5.40. The first kappa shape index (κ1) is 6.71. The molecule has 0 saturated heterocycles. The van der Waals surface area contributed by atoms with E-state index in [0.29, 0.717) is 6.04 Å². The lowest BCUT2D eigenvalue weighted by molar-refractivity contribution is 0.763. The van der Waals surface area contributed by atoms with Gasteiger partial charge in [0.2, 0.25) is 0 Å². The van der Waals surface area contributed by atoms with E-state index in [2.05, 4.69) is 36.5 Å². The zero-order chi connectivity index (χ0) is 7.68. The highest BCUT2D eigenvalue weighted by atomic mass is 14.9. The third kappa shape index (κ3) is 1.11. The van der Waals surface area contributed by atoms with Gasteiger partial charge in [0.05, 0.1) is 0 Å². The van der Waals surface area contributed by atoms with Crippen molar-refractivity contribution in [3.05, 3.63) is 36.8 Å². The number of nitrogens with one attached hydrogen (secondary N) is 1. The molecule has 1 aromatic carbocycles. The van der Waals surface area contributed by atoms with Crippen LogP contribution in [0.5, 0.6) is 0 Å². The van der Waals surface area contributed by atoms with Crippen LogP contribution in [0.4, 0.5) is 5.69 Å². The van der Waals surface area contributed by atoms with Crippen LogP contribution in [0.15, 0.2) is 24.3 Å². The van der Waals surface area contributed by atoms with Gasteiger partial charge >= 0.3 is 0 Å². The number of hydrogen-bond acceptors (Lipinski definition) is 1. The predicted octanol–water partition coefficient (Wildman–Crippen LogP) is 2.25. The summed E-state index contributed by atoms with van der Waals surface area (Å²) in [6, 6.07) is 9.03. The van der Waals surface area contributed by atoms with E-state index in [4.69, 9.17) is 0 Å². The molecule has 57 valence electrons. The summed E-state index contributed by atoms with van der Waals surface area (Å²) in [6.07, 6.45) is 2.11. The van der Waals surface area contributed by atoms with Crippen LogP contribution >= 0.6 is 0 Å². The van der Waals surface area contributed by atoms with Gasteiger partial charge in [0.25, 0.3) is 0 Å². The van der Waals surface area contributed by atoms with Crippen LogP contribution < -0.4 is 5.32 Å². The van der Waals surface area contributed by atoms with Crippen LogP contribution in [0.3, 0.4) is 0 Å². The van der Waals surface area contributed by atoms with E-state index < -0.39 is 0 Å². The molecule has 2 rings (SSSR count). The van der Waals surface area contributed by atoms with Gasteiger partial charge in [0.1, 0.15) is 0 Å². The molecule has 1 nitrogen and oxygen atoms in total. The fourth-order valence-corrected chi connectivity index (χ4v) is 1.55. The lowest BCUT2D eigenvalue weighted by atomic mass is 10.1. The molecule has 0 aliphatic carbocycles. The van der Waals surface area contributed by atoms with E-state index >= 15 is 0 Å². The number of rotatable bonds is 1. The summed E-state index contributed by atoms with van der Waals surface area (Å²) < 4.78 is 0. The fourth-order valence-electron chi connectivity index (χ4n) is 1.55. The molecule has 1 aromatic rings. The van der Waals surface area contributed by atoms with Crippen LogP contribution in [0.2, 0.25) is 0 Å². The Morgan fingerprint density at radius 1 is 1.45 bits per heavy atom. The molecule has 1 radical (unpaired) electrons. The lowest BCUT2D eigenvalue weighted by Crippen LogP contribution is -2.12. The van der Waals surface area contributed by atoms with Gasteiger partial charge in [-0.1, -0.05) is 25.1 Å². The Morgan fingerprint density at radius 2 is 2.27 bits per heavy atom. The quantitative estimate of drug-likeness (QED) is 0.640. The van der Waals surface area contributed by atoms with Crippen LogP contribution in [0.25, 0.3) is 0 Å². The topological polar surface area (TPSA) is 12.0 Å². The largest absolute Gasteiger partial charge is 0.382 e. The molecular formula is C10H12N. The molecule has 0 amide bonds. The number of hydrogen-bond donors (Lipinski definition) is 1. The predicted molar refractivity (Wildman–Crippen MR) is 47.5 cm³/mol. The Kier molecular flexibility index (Phi) is 1.57. The van der Waals surface area contributed by atoms with E-state index in [-0.39, 0.29) is 0 Å². The summed E-state index contributed by atoms with van der Waals surface area (Å²) in [5.74, 6) is 0. The van der Waals surface area contributed by atoms with Crippen LogP contribution in [0, 0.1) is 6.92 Å². The van der Waals surface area contributed by atoms with Gasteiger partial charge in [-0.3, -0.25) is 0 Å². The summed E-state index contributed by atoms with van der Waals surface area (Å²) in [5.41, 5.74) is 2.72. The van der Waals surface area contributed by atoms with Crippen molar-refractivity contribution in [1.82, 2.24) is 0 Å². The fraction of sp³-hybridized carbons (Fsp3) is 0.300. The van der Waals surface area contributed by atoms with Crippen molar-refractivity contribution in [2.75, 3.05) is 5.32 Å². The molecule has 1 N–H and O–H groups in total. The normalized spacial score (nSPS) is 21.0. The van der Waals surface area contributed by atoms with Gasteiger partial charge in [0, 0.05) is 11.7 Å². The molecule has 0 fully saturated rings. The van der Waals surface area contributed by atoms with Crippen molar-refractivity contribution in [2.24, 2.45) is 0 Å². The Morgan fingerprint density at radius 3 is 3.00 bits per heavy atom. The molecule has 1 atom stereocenters. The van der Waals surface area contributed by atoms with Crippen molar-refractivity contribution in [3.63, 3.8) is 0 Å². The van der Waals surface area contributed by atoms with E-state index in [1.165, 1.54) is 11.3 Å². The monoisotopic (exact) mass is 146 g/mol. The minimum Gasteiger partial charge on any atom is -0.382 e. The second-order valence-electron chi connectivity index (χ2n) is 2.99. The molecule has 0 aromatic heterocycles. The van der Waals surface area contributed by atoms with Crippen molar-refractivity contribution >= 4 is 5.69 Å². The molecule has 1 heteroatoms. The maximum Gasteiger partial charge on any atom is 0.0375 e. The third-order valence-electron chi connectivity index (χ3n) is 2.19. The highest BCUT2D eigenvalue weighted by Crippen LogP contribution is 2.25. The molecule has 1 heterocycles. The number of para-hydroxylation sites is 1. The van der Waals surface area contributed by atoms with Crippen LogP contribution in [-0.4, -0.2) is 6.04 Å². The minimum atomic E-state index is 0.562. The maximum atomic E-state index is 3.89. The Labute approximate surface area is 67.4 Å². The van der Waals surface area contributed by atoms with E-state index in [1.807, 2.05) is 0 Å². The molecule has 1 aliphatic rings. The Bertz CT molecular complexity index is 230. The second kappa shape index (κ2) is 2.57. The first-order valence-electron chi connectivity index (χ1n) is 4.04. The molecular weight excluding hydrogens is 134 g/mol. The highest BCUT2D eigenvalue weighted by molar-refractivity contribution is 5.56. The van der Waals surface area contributed by atoms with Crippen molar-refractivity contribution < 1.29 is 0 Å². The van der Waals surface area contributed by atoms with Crippen molar-refractivity contribution in [2.45, 2.75) is 18.9 Å². The average Bonchev–Trinajstić information content (AvgIpc) is 2.46. The summed E-state index contributed by atoms with van der Waals surface area (Å²) in [4.78, 5) is 0. The molecule has 0 saturated carbocycles. The third-order valence-corrected chi connectivity index (χ3v) is 2.19. The van der Waals surface area contributed by atoms with Crippen molar-refractivity contribution in [1.29, 1.82) is 0 Å². The van der Waals surface area contributed by atoms with Crippen LogP contribution in [-0.2, 0) is 6.42 Å². The number of anilines is 1. The number of benzene rings is 1. The van der Waals surface area contributed by atoms with Gasteiger partial charge in [-0.25, -0.2) is 0 Å². The summed E-state index contributed by atoms with van der Waals surface area (Å²) in [6.45, 7) is 3.89. The van der Waals surface area contributed by atoms with E-state index in [1.54, 1.807) is 0 Å². The SMILES string of the molecule is [CH2]CC1Cc2ccccc2N1. The molecule has 1 aliphatic heterocycles. The summed E-state index contributed by atoms with van der Waals surface area (Å²) >= 11 is 0. The number of fused-ring (bicyclic) bond motifs is 1. The van der Waals surface area contributed by atoms with E-state index in [9.17, 15) is 0 Å². The zero-order valence-electron chi connectivity index (χ0n) is 6.51. The molecule has 0 spiro atoms. The standard InChI is InChI=1S/C10H12N/c1-2-9-7-8-5-3-4-6-10(8)11-9/h3-6,9,11H,1-2,7H2. The summed E-state index contributed by atoms with van der Waals surface area (Å²) in [7, 11) is 0. The molecule has 0 bridgehead atoms. The maximum absolute atomic E-state index is 3.89. The van der Waals surface area contributed by atoms with Crippen molar-refractivity contribution in [3.8, 4) is 0 Å². The van der Waals surface area contributed by atoms with Gasteiger partial charge in [-0.15, -0.1) is 0 Å². The Balaban J connectivity index is 2.27. The van der Waals surface area contributed by atoms with Gasteiger partial charge in [0.15, 0.2) is 0 Å².